The highest BCUT2D eigenvalue weighted by molar-refractivity contribution is 6.68. The second-order valence-electron chi connectivity index (χ2n) is 14.6. The van der Waals surface area contributed by atoms with Gasteiger partial charge in [-0.2, -0.15) is 0 Å². The first-order valence-electron chi connectivity index (χ1n) is 18.8. The van der Waals surface area contributed by atoms with Crippen LogP contribution < -0.4 is 75.9 Å². The van der Waals surface area contributed by atoms with Crippen molar-refractivity contribution in [2.45, 2.75) is 97.9 Å². The topological polar surface area (TPSA) is 135 Å². The van der Waals surface area contributed by atoms with Crippen molar-refractivity contribution in [2.24, 2.45) is 5.92 Å². The molecule has 0 heterocycles. The molecule has 0 bridgehead atoms. The molecule has 0 aliphatic heterocycles. The summed E-state index contributed by atoms with van der Waals surface area (Å²) in [5.41, 5.74) is 1.43. The summed E-state index contributed by atoms with van der Waals surface area (Å²) in [6.45, 7) is 11.1. The Morgan fingerprint density at radius 3 is 1.41 bits per heavy atom. The number of nitrogens with one attached hydrogen (secondary N) is 4. The van der Waals surface area contributed by atoms with E-state index in [0.717, 1.165) is 0 Å². The zero-order chi connectivity index (χ0) is 43.8. The van der Waals surface area contributed by atoms with Crippen LogP contribution in [0.5, 0.6) is 0 Å². The number of carbonyl (C=O) groups excluding carboxylic acids is 4. The minimum atomic E-state index is -1.30. The standard InChI is InChI=1S/C38H40B10N4O6/c1-7-17(6)57-35(53)23(13-20-25(39)29(43)33(47)30(44)26(20)40)52-38(56)50-22-12-18(10-9-16(22)5)49-37(55)51-24(36(54)58-19(8-2)11-15(3)4)14-21-27(41)31(45)34(48)32(46)28(21)42/h9-10,12,15,17,19,23-24H,7-8,11,13-14H2,1-6H3,(H2,49,51,55)(H2,50,52,56)/t17?,19?,23-,24-/m0/s1. The van der Waals surface area contributed by atoms with Crippen LogP contribution in [0.1, 0.15) is 70.6 Å². The summed E-state index contributed by atoms with van der Waals surface area (Å²) < 4.78 is 11.3. The maximum atomic E-state index is 13.6. The molecule has 278 valence electrons. The first kappa shape index (κ1) is 48.2. The average Bonchev–Trinajstić information content (AvgIpc) is 3.17. The van der Waals surface area contributed by atoms with E-state index in [1.54, 1.807) is 26.0 Å². The number of benzene rings is 3. The molecule has 3 rings (SSSR count). The van der Waals surface area contributed by atoms with Crippen molar-refractivity contribution in [2.75, 3.05) is 10.6 Å². The number of urea groups is 2. The van der Waals surface area contributed by atoms with E-state index in [2.05, 4.69) is 21.3 Å². The van der Waals surface area contributed by atoms with E-state index in [0.29, 0.717) is 24.8 Å². The predicted molar refractivity (Wildman–Crippen MR) is 243 cm³/mol. The quantitative estimate of drug-likeness (QED) is 0.0857. The lowest BCUT2D eigenvalue weighted by Crippen LogP contribution is -2.58. The Hall–Kier alpha value is -4.21. The smallest absolute Gasteiger partial charge is 0.329 e. The monoisotopic (exact) mass is 758 g/mol. The van der Waals surface area contributed by atoms with Crippen molar-refractivity contribution in [1.82, 2.24) is 10.6 Å². The van der Waals surface area contributed by atoms with Crippen LogP contribution >= 0.6 is 0 Å². The number of rotatable bonds is 16. The van der Waals surface area contributed by atoms with Crippen LogP contribution in [0.25, 0.3) is 0 Å². The maximum Gasteiger partial charge on any atom is 0.329 e. The molecule has 0 saturated carbocycles. The average molecular weight is 757 g/mol. The summed E-state index contributed by atoms with van der Waals surface area (Å²) in [6, 6.07) is 0.460. The molecule has 4 N–H and O–H groups in total. The molecule has 58 heavy (non-hydrogen) atoms. The van der Waals surface area contributed by atoms with Gasteiger partial charge in [-0.25, -0.2) is 19.2 Å². The summed E-state index contributed by atoms with van der Waals surface area (Å²) >= 11 is 0. The number of anilines is 2. The lowest BCUT2D eigenvalue weighted by atomic mass is 9.60. The molecule has 20 radical (unpaired) electrons. The van der Waals surface area contributed by atoms with Gasteiger partial charge in [0.2, 0.25) is 0 Å². The normalized spacial score (nSPS) is 13.2. The fraction of sp³-hybridized carbons (Fsp3) is 0.421. The van der Waals surface area contributed by atoms with Crippen molar-refractivity contribution < 1.29 is 28.7 Å². The third-order valence-electron chi connectivity index (χ3n) is 9.73. The summed E-state index contributed by atoms with van der Waals surface area (Å²) in [4.78, 5) is 53.9. The molecule has 4 amide bonds. The van der Waals surface area contributed by atoms with E-state index in [4.69, 9.17) is 87.9 Å². The highest BCUT2D eigenvalue weighted by atomic mass is 16.5. The Bertz CT molecular complexity index is 1980. The first-order chi connectivity index (χ1) is 27.1. The SMILES string of the molecule is [B]c1c([B])c([B])c(C[C@H](NC(=O)Nc2cc(NC(=O)N[C@@H](Cc3c([B])c([B])c([B])c([B])c3[B])C(=O)OC(CC)CC(C)C)ccc2C)C(=O)OC(C)CC)c([B])c1[B]. The Labute approximate surface area is 355 Å². The third kappa shape index (κ3) is 12.2. The van der Waals surface area contributed by atoms with Gasteiger partial charge in [-0.3, -0.25) is 0 Å². The van der Waals surface area contributed by atoms with E-state index in [1.165, 1.54) is 6.07 Å². The lowest BCUT2D eigenvalue weighted by molar-refractivity contribution is -0.152. The summed E-state index contributed by atoms with van der Waals surface area (Å²) in [5, 5.41) is 10.6. The number of ether oxygens (including phenoxy) is 2. The number of amides is 4. The molecule has 0 fully saturated rings. The predicted octanol–water partition coefficient (Wildman–Crippen LogP) is -4.89. The number of hydrogen-bond donors (Lipinski definition) is 4. The molecule has 3 aromatic carbocycles. The first-order valence-corrected chi connectivity index (χ1v) is 18.8. The number of hydrogen-bond acceptors (Lipinski definition) is 6. The van der Waals surface area contributed by atoms with Gasteiger partial charge in [0.15, 0.2) is 0 Å². The van der Waals surface area contributed by atoms with Gasteiger partial charge < -0.3 is 30.7 Å². The van der Waals surface area contributed by atoms with Gasteiger partial charge in [-0.05, 0) is 56.7 Å². The van der Waals surface area contributed by atoms with Gasteiger partial charge in [-0.15, -0.1) is 54.6 Å². The lowest BCUT2D eigenvalue weighted by Gasteiger charge is -2.26. The molecule has 0 spiro atoms. The van der Waals surface area contributed by atoms with E-state index in [-0.39, 0.29) is 95.9 Å². The maximum absolute atomic E-state index is 13.6. The third-order valence-corrected chi connectivity index (χ3v) is 9.73. The van der Waals surface area contributed by atoms with Crippen LogP contribution in [-0.4, -0.2) is 127 Å². The van der Waals surface area contributed by atoms with Crippen LogP contribution in [0.4, 0.5) is 21.0 Å². The fourth-order valence-corrected chi connectivity index (χ4v) is 5.96. The molecule has 20 heteroatoms. The Morgan fingerprint density at radius 1 is 0.586 bits per heavy atom. The minimum Gasteiger partial charge on any atom is -0.461 e. The van der Waals surface area contributed by atoms with Gasteiger partial charge in [0.25, 0.3) is 0 Å². The van der Waals surface area contributed by atoms with Crippen LogP contribution in [-0.2, 0) is 31.9 Å². The van der Waals surface area contributed by atoms with Gasteiger partial charge in [0.1, 0.15) is 96.7 Å². The summed E-state index contributed by atoms with van der Waals surface area (Å²) in [5.74, 6) is -1.28. The van der Waals surface area contributed by atoms with E-state index in [9.17, 15) is 19.2 Å². The van der Waals surface area contributed by atoms with Crippen LogP contribution in [0.15, 0.2) is 18.2 Å². The highest BCUT2D eigenvalue weighted by Crippen LogP contribution is 2.21. The van der Waals surface area contributed by atoms with Gasteiger partial charge in [-0.1, -0.05) is 44.9 Å². The van der Waals surface area contributed by atoms with Crippen LogP contribution in [0.2, 0.25) is 0 Å². The molecule has 4 atom stereocenters. The second-order valence-corrected chi connectivity index (χ2v) is 14.6. The Kier molecular flexibility index (Phi) is 17.6. The van der Waals surface area contributed by atoms with E-state index >= 15 is 0 Å². The Balaban J connectivity index is 1.87. The van der Waals surface area contributed by atoms with Gasteiger partial charge >= 0.3 is 24.0 Å². The number of esters is 2. The molecule has 3 aromatic rings. The van der Waals surface area contributed by atoms with Crippen molar-refractivity contribution >= 4 is 168 Å². The van der Waals surface area contributed by atoms with Crippen molar-refractivity contribution in [3.05, 3.63) is 34.9 Å². The molecule has 0 aliphatic rings. The minimum absolute atomic E-state index is 0.00265. The van der Waals surface area contributed by atoms with Crippen LogP contribution in [0, 0.1) is 12.8 Å². The molecule has 0 aliphatic carbocycles. The second kappa shape index (κ2) is 21.2. The van der Waals surface area contributed by atoms with Gasteiger partial charge in [0, 0.05) is 24.2 Å². The molecular weight excluding hydrogens is 717 g/mol. The molecule has 0 aromatic heterocycles. The van der Waals surface area contributed by atoms with Crippen molar-refractivity contribution in [3.63, 3.8) is 0 Å². The van der Waals surface area contributed by atoms with Crippen LogP contribution in [0.3, 0.4) is 0 Å². The zero-order valence-corrected chi connectivity index (χ0v) is 33.9. The largest absolute Gasteiger partial charge is 0.461 e. The summed E-state index contributed by atoms with van der Waals surface area (Å²) in [7, 11) is 61.0. The van der Waals surface area contributed by atoms with E-state index in [1.807, 2.05) is 27.7 Å². The number of carbonyl (C=O) groups is 4. The fourth-order valence-electron chi connectivity index (χ4n) is 5.96. The molecular formula is C38H40B10N4O6. The molecule has 2 unspecified atom stereocenters. The number of aryl methyl sites for hydroxylation is 1. The van der Waals surface area contributed by atoms with Crippen molar-refractivity contribution in [3.8, 4) is 0 Å². The van der Waals surface area contributed by atoms with Gasteiger partial charge in [0.05, 0.1) is 6.10 Å². The summed E-state index contributed by atoms with van der Waals surface area (Å²) in [6.07, 6.45) is 0.269. The zero-order valence-electron chi connectivity index (χ0n) is 33.9. The van der Waals surface area contributed by atoms with Crippen molar-refractivity contribution in [1.29, 1.82) is 0 Å². The molecule has 0 saturated heterocycles. The molecule has 10 nitrogen and oxygen atoms in total. The Morgan fingerprint density at radius 2 is 1.00 bits per heavy atom. The highest BCUT2D eigenvalue weighted by Gasteiger charge is 2.29. The van der Waals surface area contributed by atoms with E-state index < -0.39 is 48.3 Å².